The van der Waals surface area contributed by atoms with Crippen LogP contribution in [0.1, 0.15) is 49.1 Å². The van der Waals surface area contributed by atoms with Gasteiger partial charge in [0.1, 0.15) is 5.76 Å². The Kier molecular flexibility index (Phi) is 6.35. The molecule has 1 atom stereocenters. The van der Waals surface area contributed by atoms with Gasteiger partial charge < -0.3 is 10.0 Å². The second kappa shape index (κ2) is 9.40. The van der Waals surface area contributed by atoms with Crippen molar-refractivity contribution in [1.29, 1.82) is 0 Å². The van der Waals surface area contributed by atoms with Gasteiger partial charge in [0.25, 0.3) is 5.78 Å². The lowest BCUT2D eigenvalue weighted by molar-refractivity contribution is -0.132. The fourth-order valence-electron chi connectivity index (χ4n) is 4.75. The largest absolute Gasteiger partial charge is 0.507 e. The summed E-state index contributed by atoms with van der Waals surface area (Å²) in [7, 11) is 3.90. The lowest BCUT2D eigenvalue weighted by Gasteiger charge is -2.24. The van der Waals surface area contributed by atoms with Crippen LogP contribution in [-0.4, -0.2) is 35.9 Å². The number of amides is 1. The van der Waals surface area contributed by atoms with E-state index in [1.54, 1.807) is 0 Å². The fraction of sp³-hybridized carbons (Fsp3) is 0.258. The molecule has 38 heavy (non-hydrogen) atoms. The summed E-state index contributed by atoms with van der Waals surface area (Å²) in [6.07, 6.45) is 0. The van der Waals surface area contributed by atoms with Gasteiger partial charge in [-0.15, -0.1) is 0 Å². The molecule has 1 fully saturated rings. The Labute approximate surface area is 226 Å². The molecule has 3 aromatic carbocycles. The highest BCUT2D eigenvalue weighted by molar-refractivity contribution is 7.22. The first kappa shape index (κ1) is 25.7. The molecule has 7 heteroatoms. The molecule has 194 valence electrons. The predicted molar refractivity (Wildman–Crippen MR) is 155 cm³/mol. The molecule has 1 aliphatic rings. The molecule has 0 bridgehead atoms. The van der Waals surface area contributed by atoms with Crippen molar-refractivity contribution in [3.8, 4) is 0 Å². The van der Waals surface area contributed by atoms with Gasteiger partial charge in [-0.05, 0) is 59.4 Å². The van der Waals surface area contributed by atoms with E-state index in [1.807, 2.05) is 92.6 Å². The maximum absolute atomic E-state index is 13.6. The number of para-hydroxylation sites is 1. The highest BCUT2D eigenvalue weighted by atomic mass is 32.1. The van der Waals surface area contributed by atoms with Crippen LogP contribution in [0.5, 0.6) is 0 Å². The third kappa shape index (κ3) is 4.37. The smallest absolute Gasteiger partial charge is 0.301 e. The second-order valence-electron chi connectivity index (χ2n) is 10.9. The van der Waals surface area contributed by atoms with Crippen LogP contribution in [0.25, 0.3) is 16.0 Å². The number of thiazole rings is 1. The molecule has 0 spiro atoms. The molecular weight excluding hydrogens is 494 g/mol. The molecule has 1 amide bonds. The third-order valence-electron chi connectivity index (χ3n) is 7.02. The molecule has 5 rings (SSSR count). The summed E-state index contributed by atoms with van der Waals surface area (Å²) in [4.78, 5) is 35.3. The molecule has 0 aliphatic carbocycles. The number of aliphatic hydroxyl groups is 1. The quantitative estimate of drug-likeness (QED) is 0.185. The monoisotopic (exact) mass is 525 g/mol. The van der Waals surface area contributed by atoms with Crippen molar-refractivity contribution in [3.05, 3.63) is 94.6 Å². The molecule has 4 aromatic rings. The number of aliphatic hydroxyl groups excluding tert-OH is 1. The summed E-state index contributed by atoms with van der Waals surface area (Å²) in [6, 6.07) is 20.4. The Morgan fingerprint density at radius 3 is 2.32 bits per heavy atom. The molecule has 1 unspecified atom stereocenters. The zero-order valence-electron chi connectivity index (χ0n) is 22.4. The van der Waals surface area contributed by atoms with Crippen LogP contribution in [-0.2, 0) is 15.0 Å². The molecule has 0 saturated carbocycles. The number of carbonyl (C=O) groups is 2. The van der Waals surface area contributed by atoms with Crippen LogP contribution in [0.4, 0.5) is 10.8 Å². The van der Waals surface area contributed by atoms with Crippen molar-refractivity contribution in [2.75, 3.05) is 23.9 Å². The van der Waals surface area contributed by atoms with Crippen molar-refractivity contribution < 1.29 is 14.7 Å². The number of rotatable bonds is 4. The maximum Gasteiger partial charge on any atom is 0.301 e. The van der Waals surface area contributed by atoms with Crippen molar-refractivity contribution >= 4 is 49.8 Å². The number of fused-ring (bicyclic) bond motifs is 1. The van der Waals surface area contributed by atoms with Crippen LogP contribution in [0.2, 0.25) is 0 Å². The predicted octanol–water partition coefficient (Wildman–Crippen LogP) is 6.59. The van der Waals surface area contributed by atoms with Crippen molar-refractivity contribution in [1.82, 2.24) is 4.98 Å². The minimum absolute atomic E-state index is 0.0704. The Hall–Kier alpha value is -3.97. The summed E-state index contributed by atoms with van der Waals surface area (Å²) in [5, 5.41) is 12.1. The molecule has 0 radical (unpaired) electrons. The third-order valence-corrected chi connectivity index (χ3v) is 8.05. The standard InChI is InChI=1S/C31H31N3O3S/c1-18-11-14-20(31(2,3)4)17-22(18)27(35)25-26(19-12-15-21(16-13-19)33(5)6)34(29(37)28(25)36)30-32-23-9-7-8-10-24(23)38-30/h7-17,26,35H,1-6H3/b27-25+. The van der Waals surface area contributed by atoms with E-state index in [-0.39, 0.29) is 16.7 Å². The Bertz CT molecular complexity index is 1560. The number of aromatic nitrogens is 1. The molecule has 1 saturated heterocycles. The summed E-state index contributed by atoms with van der Waals surface area (Å²) in [5.41, 5.74) is 4.78. The molecule has 1 aromatic heterocycles. The van der Waals surface area contributed by atoms with E-state index in [0.717, 1.165) is 32.6 Å². The first-order valence-electron chi connectivity index (χ1n) is 12.5. The average molecular weight is 526 g/mol. The first-order valence-corrected chi connectivity index (χ1v) is 13.3. The van der Waals surface area contributed by atoms with Crippen LogP contribution >= 0.6 is 11.3 Å². The van der Waals surface area contributed by atoms with Crippen LogP contribution < -0.4 is 9.80 Å². The van der Waals surface area contributed by atoms with Gasteiger partial charge in [-0.3, -0.25) is 14.5 Å². The van der Waals surface area contributed by atoms with Crippen molar-refractivity contribution in [3.63, 3.8) is 0 Å². The van der Waals surface area contributed by atoms with E-state index < -0.39 is 17.7 Å². The normalized spacial score (nSPS) is 17.4. The Morgan fingerprint density at radius 1 is 1.00 bits per heavy atom. The number of anilines is 2. The van der Waals surface area contributed by atoms with Crippen LogP contribution in [0.3, 0.4) is 0 Å². The molecular formula is C31H31N3O3S. The van der Waals surface area contributed by atoms with Crippen molar-refractivity contribution in [2.24, 2.45) is 0 Å². The zero-order valence-corrected chi connectivity index (χ0v) is 23.3. The average Bonchev–Trinajstić information content (AvgIpc) is 3.41. The van der Waals surface area contributed by atoms with Gasteiger partial charge in [0.2, 0.25) is 0 Å². The maximum atomic E-state index is 13.6. The zero-order chi connectivity index (χ0) is 27.4. The van der Waals surface area contributed by atoms with Gasteiger partial charge in [-0.25, -0.2) is 4.98 Å². The van der Waals surface area contributed by atoms with E-state index in [2.05, 4.69) is 20.8 Å². The minimum Gasteiger partial charge on any atom is -0.507 e. The number of Topliss-reactive ketones (excluding diaryl/α,β-unsaturated/α-hetero) is 1. The second-order valence-corrected chi connectivity index (χ2v) is 11.9. The van der Waals surface area contributed by atoms with Crippen molar-refractivity contribution in [2.45, 2.75) is 39.2 Å². The van der Waals surface area contributed by atoms with E-state index >= 15 is 0 Å². The number of hydrogen-bond donors (Lipinski definition) is 1. The van der Waals surface area contributed by atoms with Gasteiger partial charge in [0, 0.05) is 25.3 Å². The molecule has 1 aliphatic heterocycles. The van der Waals surface area contributed by atoms with E-state index in [4.69, 9.17) is 4.98 Å². The summed E-state index contributed by atoms with van der Waals surface area (Å²) in [6.45, 7) is 8.19. The van der Waals surface area contributed by atoms with Gasteiger partial charge in [0.15, 0.2) is 5.13 Å². The highest BCUT2D eigenvalue weighted by Gasteiger charge is 2.48. The lowest BCUT2D eigenvalue weighted by atomic mass is 9.84. The fourth-order valence-corrected chi connectivity index (χ4v) is 5.74. The number of hydrogen-bond acceptors (Lipinski definition) is 6. The summed E-state index contributed by atoms with van der Waals surface area (Å²) >= 11 is 1.35. The molecule has 6 nitrogen and oxygen atoms in total. The summed E-state index contributed by atoms with van der Waals surface area (Å²) in [5.74, 6) is -1.59. The van der Waals surface area contributed by atoms with Gasteiger partial charge in [-0.2, -0.15) is 0 Å². The number of nitrogens with zero attached hydrogens (tertiary/aromatic N) is 3. The minimum atomic E-state index is -0.815. The summed E-state index contributed by atoms with van der Waals surface area (Å²) < 4.78 is 0.917. The number of carbonyl (C=O) groups excluding carboxylic acids is 2. The molecule has 1 N–H and O–H groups in total. The topological polar surface area (TPSA) is 73.7 Å². The number of benzene rings is 3. The van der Waals surface area contributed by atoms with E-state index in [0.29, 0.717) is 10.7 Å². The highest BCUT2D eigenvalue weighted by Crippen LogP contribution is 2.45. The van der Waals surface area contributed by atoms with Gasteiger partial charge in [-0.1, -0.05) is 68.5 Å². The van der Waals surface area contributed by atoms with E-state index in [1.165, 1.54) is 16.2 Å². The SMILES string of the molecule is Cc1ccc(C(C)(C)C)cc1/C(O)=C1\C(=O)C(=O)N(c2nc3ccccc3s2)C1c1ccc(N(C)C)cc1. The van der Waals surface area contributed by atoms with E-state index in [9.17, 15) is 14.7 Å². The van der Waals surface area contributed by atoms with Gasteiger partial charge in [0.05, 0.1) is 21.8 Å². The number of aryl methyl sites for hydroxylation is 1. The first-order chi connectivity index (χ1) is 18.0. The van der Waals surface area contributed by atoms with Crippen LogP contribution in [0.15, 0.2) is 72.3 Å². The Balaban J connectivity index is 1.74. The lowest BCUT2D eigenvalue weighted by Crippen LogP contribution is -2.29. The van der Waals surface area contributed by atoms with Crippen LogP contribution in [0, 0.1) is 6.92 Å². The number of ketones is 1. The van der Waals surface area contributed by atoms with Gasteiger partial charge >= 0.3 is 5.91 Å². The molecule has 2 heterocycles. The Morgan fingerprint density at radius 2 is 1.68 bits per heavy atom.